The first-order valence-electron chi connectivity index (χ1n) is 6.40. The molecule has 0 bridgehead atoms. The van der Waals surface area contributed by atoms with E-state index in [9.17, 15) is 8.78 Å². The highest BCUT2D eigenvalue weighted by Gasteiger charge is 2.14. The number of ether oxygens (including phenoxy) is 2. The number of alkyl halides is 2. The van der Waals surface area contributed by atoms with Crippen molar-refractivity contribution in [1.82, 2.24) is 4.98 Å². The van der Waals surface area contributed by atoms with Crippen LogP contribution in [0.1, 0.15) is 11.1 Å². The summed E-state index contributed by atoms with van der Waals surface area (Å²) in [7, 11) is 1.71. The first-order chi connectivity index (χ1) is 10.1. The molecule has 1 aromatic carbocycles. The molecule has 0 aliphatic carbocycles. The average molecular weight is 294 g/mol. The van der Waals surface area contributed by atoms with Crippen molar-refractivity contribution in [2.75, 3.05) is 12.4 Å². The Labute approximate surface area is 121 Å². The lowest BCUT2D eigenvalue weighted by Gasteiger charge is -2.15. The maximum absolute atomic E-state index is 12.5. The van der Waals surface area contributed by atoms with Gasteiger partial charge in [0.2, 0.25) is 5.88 Å². The second-order valence-corrected chi connectivity index (χ2v) is 4.32. The Morgan fingerprint density at radius 1 is 1.24 bits per heavy atom. The fourth-order valence-electron chi connectivity index (χ4n) is 1.92. The SMILES string of the molecule is CNc1cccc(OC(F)F)c1COc1ncccc1C. The number of nitrogens with one attached hydrogen (secondary N) is 1. The van der Waals surface area contributed by atoms with Crippen LogP contribution in [0.15, 0.2) is 36.5 Å². The number of hydrogen-bond acceptors (Lipinski definition) is 4. The van der Waals surface area contributed by atoms with Crippen molar-refractivity contribution in [1.29, 1.82) is 0 Å². The van der Waals surface area contributed by atoms with E-state index in [1.165, 1.54) is 6.07 Å². The largest absolute Gasteiger partial charge is 0.472 e. The summed E-state index contributed by atoms with van der Waals surface area (Å²) in [4.78, 5) is 4.11. The molecule has 0 atom stereocenters. The van der Waals surface area contributed by atoms with Gasteiger partial charge in [-0.2, -0.15) is 8.78 Å². The lowest BCUT2D eigenvalue weighted by Crippen LogP contribution is -2.09. The minimum absolute atomic E-state index is 0.0803. The lowest BCUT2D eigenvalue weighted by atomic mass is 10.1. The molecule has 0 spiro atoms. The molecule has 0 aliphatic rings. The van der Waals surface area contributed by atoms with Crippen LogP contribution in [-0.2, 0) is 6.61 Å². The van der Waals surface area contributed by atoms with Crippen LogP contribution in [0.5, 0.6) is 11.6 Å². The van der Waals surface area contributed by atoms with E-state index in [2.05, 4.69) is 15.0 Å². The molecule has 2 rings (SSSR count). The van der Waals surface area contributed by atoms with Gasteiger partial charge in [-0.05, 0) is 25.1 Å². The highest BCUT2D eigenvalue weighted by molar-refractivity contribution is 5.57. The maximum atomic E-state index is 12.5. The predicted octanol–water partition coefficient (Wildman–Crippen LogP) is 3.61. The van der Waals surface area contributed by atoms with Gasteiger partial charge in [0.15, 0.2) is 0 Å². The van der Waals surface area contributed by atoms with Crippen LogP contribution in [0.4, 0.5) is 14.5 Å². The Bertz CT molecular complexity index is 606. The minimum Gasteiger partial charge on any atom is -0.472 e. The highest BCUT2D eigenvalue weighted by Crippen LogP contribution is 2.29. The summed E-state index contributed by atoms with van der Waals surface area (Å²) in [5, 5.41) is 2.93. The summed E-state index contributed by atoms with van der Waals surface area (Å²) in [6, 6.07) is 8.55. The number of benzene rings is 1. The molecular formula is C15H16F2N2O2. The zero-order valence-electron chi connectivity index (χ0n) is 11.8. The number of rotatable bonds is 6. The van der Waals surface area contributed by atoms with Gasteiger partial charge in [0.05, 0.1) is 5.56 Å². The molecule has 1 heterocycles. The molecule has 0 saturated carbocycles. The second-order valence-electron chi connectivity index (χ2n) is 4.32. The van der Waals surface area contributed by atoms with Crippen LogP contribution in [0.25, 0.3) is 0 Å². The molecule has 0 radical (unpaired) electrons. The third-order valence-corrected chi connectivity index (χ3v) is 2.93. The standard InChI is InChI=1S/C15H16F2N2O2/c1-10-5-4-8-19-14(10)20-9-11-12(18-2)6-3-7-13(11)21-15(16)17/h3-8,15,18H,9H2,1-2H3. The molecule has 0 saturated heterocycles. The number of anilines is 1. The number of nitrogens with zero attached hydrogens (tertiary/aromatic N) is 1. The summed E-state index contributed by atoms with van der Waals surface area (Å²) in [6.07, 6.45) is 1.61. The zero-order valence-corrected chi connectivity index (χ0v) is 11.8. The summed E-state index contributed by atoms with van der Waals surface area (Å²) in [6.45, 7) is -0.938. The van der Waals surface area contributed by atoms with Gasteiger partial charge in [-0.15, -0.1) is 0 Å². The van der Waals surface area contributed by atoms with Crippen LogP contribution in [0.2, 0.25) is 0 Å². The van der Waals surface area contributed by atoms with E-state index in [4.69, 9.17) is 4.74 Å². The molecule has 1 N–H and O–H groups in total. The van der Waals surface area contributed by atoms with E-state index in [1.807, 2.05) is 13.0 Å². The van der Waals surface area contributed by atoms with Gasteiger partial charge in [-0.3, -0.25) is 0 Å². The predicted molar refractivity (Wildman–Crippen MR) is 75.9 cm³/mol. The number of pyridine rings is 1. The van der Waals surface area contributed by atoms with Gasteiger partial charge in [-0.1, -0.05) is 12.1 Å². The highest BCUT2D eigenvalue weighted by atomic mass is 19.3. The Morgan fingerprint density at radius 2 is 2.05 bits per heavy atom. The third kappa shape index (κ3) is 3.81. The fraction of sp³-hybridized carbons (Fsp3) is 0.267. The Morgan fingerprint density at radius 3 is 2.71 bits per heavy atom. The Balaban J connectivity index is 2.23. The van der Waals surface area contributed by atoms with E-state index in [1.54, 1.807) is 31.4 Å². The topological polar surface area (TPSA) is 43.4 Å². The van der Waals surface area contributed by atoms with Crippen molar-refractivity contribution in [3.8, 4) is 11.6 Å². The zero-order chi connectivity index (χ0) is 15.2. The number of aromatic nitrogens is 1. The normalized spacial score (nSPS) is 10.5. The molecule has 6 heteroatoms. The van der Waals surface area contributed by atoms with Crippen molar-refractivity contribution < 1.29 is 18.3 Å². The average Bonchev–Trinajstić information content (AvgIpc) is 2.46. The van der Waals surface area contributed by atoms with E-state index in [-0.39, 0.29) is 12.4 Å². The molecule has 4 nitrogen and oxygen atoms in total. The summed E-state index contributed by atoms with van der Waals surface area (Å²) in [5.41, 5.74) is 2.06. The van der Waals surface area contributed by atoms with Gasteiger partial charge < -0.3 is 14.8 Å². The van der Waals surface area contributed by atoms with Crippen LogP contribution in [-0.4, -0.2) is 18.6 Å². The van der Waals surface area contributed by atoms with Crippen molar-refractivity contribution in [2.24, 2.45) is 0 Å². The molecule has 112 valence electrons. The molecule has 0 unspecified atom stereocenters. The number of aryl methyl sites for hydroxylation is 1. The van der Waals surface area contributed by atoms with Gasteiger partial charge in [0.1, 0.15) is 12.4 Å². The van der Waals surface area contributed by atoms with Crippen LogP contribution in [0.3, 0.4) is 0 Å². The van der Waals surface area contributed by atoms with Crippen LogP contribution in [0, 0.1) is 6.92 Å². The van der Waals surface area contributed by atoms with Crippen LogP contribution >= 0.6 is 0 Å². The Kier molecular flexibility index (Phi) is 4.92. The second kappa shape index (κ2) is 6.88. The smallest absolute Gasteiger partial charge is 0.387 e. The van der Waals surface area contributed by atoms with E-state index >= 15 is 0 Å². The Hall–Kier alpha value is -2.37. The first kappa shape index (κ1) is 15.0. The fourth-order valence-corrected chi connectivity index (χ4v) is 1.92. The van der Waals surface area contributed by atoms with Gasteiger partial charge >= 0.3 is 6.61 Å². The molecule has 2 aromatic rings. The van der Waals surface area contributed by atoms with Crippen molar-refractivity contribution in [3.63, 3.8) is 0 Å². The molecule has 0 fully saturated rings. The lowest BCUT2D eigenvalue weighted by molar-refractivity contribution is -0.0508. The quantitative estimate of drug-likeness (QED) is 0.884. The number of hydrogen-bond donors (Lipinski definition) is 1. The van der Waals surface area contributed by atoms with Crippen molar-refractivity contribution in [3.05, 3.63) is 47.7 Å². The van der Waals surface area contributed by atoms with Crippen LogP contribution < -0.4 is 14.8 Å². The minimum atomic E-state index is -2.88. The number of halogens is 2. The molecule has 0 aliphatic heterocycles. The van der Waals surface area contributed by atoms with Crippen molar-refractivity contribution >= 4 is 5.69 Å². The molecule has 1 aromatic heterocycles. The molecule has 0 amide bonds. The van der Waals surface area contributed by atoms with E-state index in [0.717, 1.165) is 5.56 Å². The van der Waals surface area contributed by atoms with Gasteiger partial charge in [0, 0.05) is 24.5 Å². The van der Waals surface area contributed by atoms with E-state index in [0.29, 0.717) is 17.1 Å². The van der Waals surface area contributed by atoms with Gasteiger partial charge in [0.25, 0.3) is 0 Å². The maximum Gasteiger partial charge on any atom is 0.387 e. The third-order valence-electron chi connectivity index (χ3n) is 2.93. The summed E-state index contributed by atoms with van der Waals surface area (Å²) >= 11 is 0. The monoisotopic (exact) mass is 294 g/mol. The molecular weight excluding hydrogens is 278 g/mol. The van der Waals surface area contributed by atoms with E-state index < -0.39 is 6.61 Å². The van der Waals surface area contributed by atoms with Crippen molar-refractivity contribution in [2.45, 2.75) is 20.1 Å². The summed E-state index contributed by atoms with van der Waals surface area (Å²) in [5.74, 6) is 0.553. The van der Waals surface area contributed by atoms with Gasteiger partial charge in [-0.25, -0.2) is 4.98 Å². The first-order valence-corrected chi connectivity index (χ1v) is 6.40. The molecule has 21 heavy (non-hydrogen) atoms. The summed E-state index contributed by atoms with van der Waals surface area (Å²) < 4.78 is 35.1.